The Bertz CT molecular complexity index is 655. The van der Waals surface area contributed by atoms with Gasteiger partial charge < -0.3 is 23.7 Å². The molecule has 1 heterocycles. The van der Waals surface area contributed by atoms with E-state index in [2.05, 4.69) is 38.9 Å². The molecular weight excluding hydrogens is 444 g/mol. The van der Waals surface area contributed by atoms with Crippen LogP contribution in [0.4, 0.5) is 0 Å². The van der Waals surface area contributed by atoms with E-state index in [9.17, 15) is 8.42 Å². The maximum atomic E-state index is 11.7. The van der Waals surface area contributed by atoms with E-state index in [0.717, 1.165) is 57.6 Å². The third kappa shape index (κ3) is 12.5. The van der Waals surface area contributed by atoms with Gasteiger partial charge in [-0.1, -0.05) is 59.3 Å². The summed E-state index contributed by atoms with van der Waals surface area (Å²) in [5, 5.41) is 2.34. The topological polar surface area (TPSA) is 80.3 Å². The average molecular weight is 491 g/mol. The van der Waals surface area contributed by atoms with Gasteiger partial charge in [0.2, 0.25) is 9.84 Å². The molecule has 0 saturated carbocycles. The lowest BCUT2D eigenvalue weighted by Gasteiger charge is -2.44. The van der Waals surface area contributed by atoms with Crippen molar-refractivity contribution in [3.8, 4) is 11.2 Å². The van der Waals surface area contributed by atoms with E-state index in [1.807, 2.05) is 0 Å². The predicted octanol–water partition coefficient (Wildman–Crippen LogP) is 4.13. The fourth-order valence-corrected chi connectivity index (χ4v) is 3.77. The van der Waals surface area contributed by atoms with Crippen LogP contribution in [0.25, 0.3) is 0 Å². The van der Waals surface area contributed by atoms with Gasteiger partial charge in [-0.3, -0.25) is 0 Å². The predicted molar refractivity (Wildman–Crippen MR) is 131 cm³/mol. The second kappa shape index (κ2) is 17.7. The SMILES string of the molecule is CCCCOC[C@H]1O[C@H](C#CS(C)(=O)=O)[C@@H](OCCCC)[C@@H](OCCCC)[C@@H]1OCCCC. The first kappa shape index (κ1) is 30.3. The normalized spacial score (nSPS) is 25.5. The quantitative estimate of drug-likeness (QED) is 0.172. The molecule has 33 heavy (non-hydrogen) atoms. The number of hydrogen-bond acceptors (Lipinski definition) is 7. The Labute approximate surface area is 202 Å². The van der Waals surface area contributed by atoms with Crippen molar-refractivity contribution >= 4 is 9.84 Å². The second-order valence-corrected chi connectivity index (χ2v) is 10.4. The van der Waals surface area contributed by atoms with Crippen molar-refractivity contribution < 1.29 is 32.1 Å². The van der Waals surface area contributed by atoms with Crippen molar-refractivity contribution in [2.75, 3.05) is 39.3 Å². The molecule has 0 aromatic carbocycles. The highest BCUT2D eigenvalue weighted by atomic mass is 32.2. The highest BCUT2D eigenvalue weighted by Gasteiger charge is 2.47. The molecule has 1 saturated heterocycles. The molecule has 0 unspecified atom stereocenters. The van der Waals surface area contributed by atoms with Gasteiger partial charge in [0.15, 0.2) is 0 Å². The summed E-state index contributed by atoms with van der Waals surface area (Å²) in [5.41, 5.74) is 0. The molecule has 8 heteroatoms. The maximum Gasteiger partial charge on any atom is 0.214 e. The molecule has 1 fully saturated rings. The van der Waals surface area contributed by atoms with Crippen molar-refractivity contribution in [1.82, 2.24) is 0 Å². The molecule has 0 aliphatic carbocycles. The van der Waals surface area contributed by atoms with Gasteiger partial charge in [0.1, 0.15) is 30.5 Å². The summed E-state index contributed by atoms with van der Waals surface area (Å²) in [6.45, 7) is 11.1. The van der Waals surface area contributed by atoms with Gasteiger partial charge in [-0.15, -0.1) is 0 Å². The van der Waals surface area contributed by atoms with Crippen molar-refractivity contribution in [1.29, 1.82) is 0 Å². The molecule has 0 aromatic heterocycles. The zero-order chi connectivity index (χ0) is 24.5. The van der Waals surface area contributed by atoms with Crippen LogP contribution < -0.4 is 0 Å². The smallest absolute Gasteiger partial charge is 0.214 e. The molecular formula is C25H46O7S. The number of ether oxygens (including phenoxy) is 5. The molecule has 0 spiro atoms. The first-order valence-corrected chi connectivity index (χ1v) is 14.6. The number of sulfone groups is 1. The Morgan fingerprint density at radius 3 is 1.73 bits per heavy atom. The minimum Gasteiger partial charge on any atom is -0.379 e. The monoisotopic (exact) mass is 490 g/mol. The number of unbranched alkanes of at least 4 members (excludes halogenated alkanes) is 4. The lowest BCUT2D eigenvalue weighted by molar-refractivity contribution is -0.254. The largest absolute Gasteiger partial charge is 0.379 e. The third-order valence-electron chi connectivity index (χ3n) is 5.37. The number of rotatable bonds is 17. The molecule has 5 atom stereocenters. The van der Waals surface area contributed by atoms with Gasteiger partial charge in [0.05, 0.1) is 12.9 Å². The summed E-state index contributed by atoms with van der Waals surface area (Å²) in [6, 6.07) is 0. The molecule has 1 aliphatic rings. The van der Waals surface area contributed by atoms with E-state index in [1.54, 1.807) is 0 Å². The Kier molecular flexibility index (Phi) is 16.3. The molecule has 194 valence electrons. The van der Waals surface area contributed by atoms with Crippen LogP contribution in [-0.2, 0) is 33.5 Å². The van der Waals surface area contributed by atoms with Crippen LogP contribution >= 0.6 is 0 Å². The van der Waals surface area contributed by atoms with Crippen LogP contribution in [0.1, 0.15) is 79.1 Å². The van der Waals surface area contributed by atoms with E-state index in [-0.39, 0.29) is 6.10 Å². The highest BCUT2D eigenvalue weighted by Crippen LogP contribution is 2.29. The van der Waals surface area contributed by atoms with Crippen LogP contribution in [0, 0.1) is 11.2 Å². The van der Waals surface area contributed by atoms with Crippen molar-refractivity contribution in [2.45, 2.75) is 110 Å². The zero-order valence-corrected chi connectivity index (χ0v) is 22.2. The lowest BCUT2D eigenvalue weighted by atomic mass is 9.94. The van der Waals surface area contributed by atoms with Gasteiger partial charge in [-0.2, -0.15) is 0 Å². The minimum absolute atomic E-state index is 0.336. The van der Waals surface area contributed by atoms with Gasteiger partial charge >= 0.3 is 0 Å². The molecule has 0 radical (unpaired) electrons. The van der Waals surface area contributed by atoms with E-state index >= 15 is 0 Å². The van der Waals surface area contributed by atoms with Crippen LogP contribution in [0.2, 0.25) is 0 Å². The van der Waals surface area contributed by atoms with Gasteiger partial charge in [-0.25, -0.2) is 8.42 Å². The van der Waals surface area contributed by atoms with Crippen molar-refractivity contribution in [3.05, 3.63) is 0 Å². The summed E-state index contributed by atoms with van der Waals surface area (Å²) in [4.78, 5) is 0. The molecule has 7 nitrogen and oxygen atoms in total. The van der Waals surface area contributed by atoms with Gasteiger partial charge in [0, 0.05) is 31.7 Å². The van der Waals surface area contributed by atoms with Crippen molar-refractivity contribution in [3.63, 3.8) is 0 Å². The van der Waals surface area contributed by atoms with Crippen LogP contribution in [-0.4, -0.2) is 78.2 Å². The Morgan fingerprint density at radius 2 is 1.21 bits per heavy atom. The van der Waals surface area contributed by atoms with E-state index in [4.69, 9.17) is 23.7 Å². The summed E-state index contributed by atoms with van der Waals surface area (Å²) in [7, 11) is -3.48. The third-order valence-corrected chi connectivity index (χ3v) is 5.86. The van der Waals surface area contributed by atoms with E-state index < -0.39 is 34.3 Å². The molecule has 0 aromatic rings. The Morgan fingerprint density at radius 1 is 0.727 bits per heavy atom. The fourth-order valence-electron chi connectivity index (χ4n) is 3.44. The lowest BCUT2D eigenvalue weighted by Crippen LogP contribution is -2.61. The van der Waals surface area contributed by atoms with Crippen LogP contribution in [0.5, 0.6) is 0 Å². The molecule has 0 amide bonds. The number of hydrogen-bond donors (Lipinski definition) is 0. The first-order valence-electron chi connectivity index (χ1n) is 12.7. The fraction of sp³-hybridized carbons (Fsp3) is 0.920. The average Bonchev–Trinajstić information content (AvgIpc) is 2.77. The van der Waals surface area contributed by atoms with Gasteiger partial charge in [0.25, 0.3) is 0 Å². The van der Waals surface area contributed by atoms with Crippen LogP contribution in [0.3, 0.4) is 0 Å². The summed E-state index contributed by atoms with van der Waals surface area (Å²) >= 11 is 0. The summed E-state index contributed by atoms with van der Waals surface area (Å²) < 4.78 is 54.5. The standard InChI is InChI=1S/C25H46O7S/c1-6-10-15-28-20-22-24(30-17-12-8-3)25(31-18-13-9-4)23(29-16-11-7-2)21(32-22)14-19-33(5,26)27/h21-25H,6-13,15-18,20H2,1-5H3/t21-,22-,23-,24-,25-/m1/s1. The minimum atomic E-state index is -3.48. The Balaban J connectivity index is 3.22. The van der Waals surface area contributed by atoms with E-state index in [1.165, 1.54) is 0 Å². The summed E-state index contributed by atoms with van der Waals surface area (Å²) in [5.74, 6) is 2.80. The first-order chi connectivity index (χ1) is 15.9. The Hall–Kier alpha value is -0.690. The molecule has 1 aliphatic heterocycles. The molecule has 0 N–H and O–H groups in total. The van der Waals surface area contributed by atoms with Crippen molar-refractivity contribution in [2.24, 2.45) is 0 Å². The van der Waals surface area contributed by atoms with Gasteiger partial charge in [-0.05, 0) is 25.7 Å². The highest BCUT2D eigenvalue weighted by molar-refractivity contribution is 7.95. The summed E-state index contributed by atoms with van der Waals surface area (Å²) in [6.07, 6.45) is 6.34. The molecule has 0 bridgehead atoms. The van der Waals surface area contributed by atoms with Crippen LogP contribution in [0.15, 0.2) is 0 Å². The maximum absolute atomic E-state index is 11.7. The van der Waals surface area contributed by atoms with E-state index in [0.29, 0.717) is 33.0 Å². The zero-order valence-electron chi connectivity index (χ0n) is 21.3. The molecule has 1 rings (SSSR count). The second-order valence-electron chi connectivity index (χ2n) is 8.61.